The van der Waals surface area contributed by atoms with Crippen molar-refractivity contribution in [1.29, 1.82) is 0 Å². The first-order chi connectivity index (χ1) is 13.7. The van der Waals surface area contributed by atoms with Crippen LogP contribution in [0.2, 0.25) is 0 Å². The Morgan fingerprint density at radius 1 is 1.14 bits per heavy atom. The van der Waals surface area contributed by atoms with Gasteiger partial charge in [0.15, 0.2) is 11.5 Å². The smallest absolute Gasteiger partial charge is 0.449 e. The molecule has 9 heteroatoms. The maximum absolute atomic E-state index is 13.6. The lowest BCUT2D eigenvalue weighted by Crippen LogP contribution is -2.23. The predicted molar refractivity (Wildman–Crippen MR) is 100 cm³/mol. The summed E-state index contributed by atoms with van der Waals surface area (Å²) in [7, 11) is 0. The van der Waals surface area contributed by atoms with E-state index in [4.69, 9.17) is 9.47 Å². The van der Waals surface area contributed by atoms with Crippen molar-refractivity contribution in [2.45, 2.75) is 26.6 Å². The molecule has 1 N–H and O–H groups in total. The van der Waals surface area contributed by atoms with Gasteiger partial charge < -0.3 is 19.4 Å². The zero-order chi connectivity index (χ0) is 20.8. The molecule has 0 radical (unpaired) electrons. The van der Waals surface area contributed by atoms with Crippen LogP contribution in [0.1, 0.15) is 17.0 Å². The third-order valence-corrected chi connectivity index (χ3v) is 4.63. The van der Waals surface area contributed by atoms with Crippen molar-refractivity contribution in [3.63, 3.8) is 0 Å². The van der Waals surface area contributed by atoms with Crippen LogP contribution in [-0.4, -0.2) is 28.7 Å². The van der Waals surface area contributed by atoms with Crippen LogP contribution in [0.15, 0.2) is 30.3 Å². The van der Waals surface area contributed by atoms with Crippen LogP contribution in [0.3, 0.4) is 0 Å². The number of halogens is 3. The first kappa shape index (κ1) is 19.1. The zero-order valence-electron chi connectivity index (χ0n) is 15.8. The number of benzene rings is 2. The fourth-order valence-electron chi connectivity index (χ4n) is 3.24. The van der Waals surface area contributed by atoms with Gasteiger partial charge in [0.25, 0.3) is 0 Å². The van der Waals surface area contributed by atoms with E-state index in [2.05, 4.69) is 10.3 Å². The first-order valence-electron chi connectivity index (χ1n) is 8.96. The van der Waals surface area contributed by atoms with Gasteiger partial charge in [0, 0.05) is 17.8 Å². The fraction of sp³-hybridized carbons (Fsp3) is 0.300. The Balaban J connectivity index is 1.73. The lowest BCUT2D eigenvalue weighted by atomic mass is 10.1. The van der Waals surface area contributed by atoms with E-state index in [0.717, 1.165) is 15.7 Å². The number of carbonyl (C=O) groups is 1. The third-order valence-electron chi connectivity index (χ3n) is 4.63. The summed E-state index contributed by atoms with van der Waals surface area (Å²) in [6.07, 6.45) is -4.72. The van der Waals surface area contributed by atoms with E-state index in [1.807, 2.05) is 26.0 Å². The molecule has 0 saturated carbocycles. The second kappa shape index (κ2) is 6.98. The van der Waals surface area contributed by atoms with Gasteiger partial charge >= 0.3 is 6.18 Å². The molecule has 2 aromatic carbocycles. The molecule has 1 aromatic heterocycles. The van der Waals surface area contributed by atoms with Crippen molar-refractivity contribution in [3.05, 3.63) is 47.3 Å². The molecule has 6 nitrogen and oxygen atoms in total. The zero-order valence-corrected chi connectivity index (χ0v) is 15.8. The molecule has 0 unspecified atom stereocenters. The van der Waals surface area contributed by atoms with E-state index < -0.39 is 24.5 Å². The summed E-state index contributed by atoms with van der Waals surface area (Å²) in [6.45, 7) is 3.74. The number of aryl methyl sites for hydroxylation is 2. The molecule has 29 heavy (non-hydrogen) atoms. The summed E-state index contributed by atoms with van der Waals surface area (Å²) in [4.78, 5) is 16.3. The number of hydrogen-bond donors (Lipinski definition) is 1. The molecule has 4 rings (SSSR count). The molecule has 0 spiro atoms. The van der Waals surface area contributed by atoms with Gasteiger partial charge in [0.05, 0.1) is 11.0 Å². The summed E-state index contributed by atoms with van der Waals surface area (Å²) in [6, 6.07) is 8.32. The van der Waals surface area contributed by atoms with Crippen LogP contribution in [-0.2, 0) is 17.5 Å². The molecular weight excluding hydrogens is 387 g/mol. The average Bonchev–Trinajstić information content (AvgIpc) is 3.00. The van der Waals surface area contributed by atoms with Crippen LogP contribution < -0.4 is 14.8 Å². The lowest BCUT2D eigenvalue weighted by molar-refractivity contribution is -0.147. The lowest BCUT2D eigenvalue weighted by Gasteiger charge is -2.18. The third kappa shape index (κ3) is 3.72. The summed E-state index contributed by atoms with van der Waals surface area (Å²) in [5.74, 6) is -1.07. The van der Waals surface area contributed by atoms with Gasteiger partial charge in [0.1, 0.15) is 19.8 Å². The Hall–Kier alpha value is -3.23. The highest BCUT2D eigenvalue weighted by atomic mass is 19.4. The fourth-order valence-corrected chi connectivity index (χ4v) is 3.24. The minimum Gasteiger partial charge on any atom is -0.486 e. The number of nitrogens with zero attached hydrogens (tertiary/aromatic N) is 2. The Bertz CT molecular complexity index is 1110. The normalized spacial score (nSPS) is 13.6. The Labute approximate surface area is 164 Å². The molecule has 3 aromatic rings. The number of carbonyl (C=O) groups excluding carboxylic acids is 1. The van der Waals surface area contributed by atoms with Gasteiger partial charge in [-0.3, -0.25) is 4.79 Å². The van der Waals surface area contributed by atoms with Crippen molar-refractivity contribution >= 4 is 22.6 Å². The van der Waals surface area contributed by atoms with Crippen LogP contribution >= 0.6 is 0 Å². The number of amides is 1. The van der Waals surface area contributed by atoms with Crippen molar-refractivity contribution in [2.75, 3.05) is 18.5 Å². The van der Waals surface area contributed by atoms with Gasteiger partial charge in [-0.05, 0) is 31.0 Å². The molecule has 152 valence electrons. The number of nitrogens with one attached hydrogen (secondary N) is 1. The van der Waals surface area contributed by atoms with E-state index in [9.17, 15) is 18.0 Å². The van der Waals surface area contributed by atoms with Gasteiger partial charge in [-0.1, -0.05) is 12.1 Å². The summed E-state index contributed by atoms with van der Waals surface area (Å²) in [5.41, 5.74) is 2.54. The molecular formula is C20H18F3N3O3. The monoisotopic (exact) mass is 405 g/mol. The SMILES string of the molecule is Cc1ccc(C)c(NC(=O)Cn2c(C(F)(F)F)nc3cc4c(cc32)OCCO4)c1. The standard InChI is InChI=1S/C20H18F3N3O3/c1-11-3-4-12(2)13(7-11)24-18(27)10-26-15-9-17-16(28-5-6-29-17)8-14(15)25-19(26)20(21,22)23/h3-4,7-9H,5-6,10H2,1-2H3,(H,24,27). The maximum atomic E-state index is 13.6. The number of imidazole rings is 1. The van der Waals surface area contributed by atoms with Crippen LogP contribution in [0.4, 0.5) is 18.9 Å². The Morgan fingerprint density at radius 2 is 1.83 bits per heavy atom. The van der Waals surface area contributed by atoms with E-state index in [-0.39, 0.29) is 11.0 Å². The highest BCUT2D eigenvalue weighted by Crippen LogP contribution is 2.38. The quantitative estimate of drug-likeness (QED) is 0.713. The van der Waals surface area contributed by atoms with E-state index in [0.29, 0.717) is 30.4 Å². The number of hydrogen-bond acceptors (Lipinski definition) is 4. The molecule has 0 saturated heterocycles. The highest BCUT2D eigenvalue weighted by molar-refractivity contribution is 5.93. The number of alkyl halides is 3. The minimum atomic E-state index is -4.72. The predicted octanol–water partition coefficient (Wildman–Crippen LogP) is 4.08. The van der Waals surface area contributed by atoms with Crippen LogP contribution in [0.25, 0.3) is 11.0 Å². The van der Waals surface area contributed by atoms with Crippen molar-refractivity contribution in [1.82, 2.24) is 9.55 Å². The Morgan fingerprint density at radius 3 is 2.52 bits per heavy atom. The topological polar surface area (TPSA) is 65.4 Å². The molecule has 0 bridgehead atoms. The van der Waals surface area contributed by atoms with Gasteiger partial charge in [-0.15, -0.1) is 0 Å². The van der Waals surface area contributed by atoms with E-state index >= 15 is 0 Å². The molecule has 0 aliphatic carbocycles. The second-order valence-corrected chi connectivity index (χ2v) is 6.87. The second-order valence-electron chi connectivity index (χ2n) is 6.87. The van der Waals surface area contributed by atoms with Gasteiger partial charge in [-0.2, -0.15) is 13.2 Å². The molecule has 1 amide bonds. The molecule has 1 aliphatic rings. The van der Waals surface area contributed by atoms with E-state index in [1.165, 1.54) is 12.1 Å². The van der Waals surface area contributed by atoms with Gasteiger partial charge in [0.2, 0.25) is 11.7 Å². The van der Waals surface area contributed by atoms with Crippen LogP contribution in [0.5, 0.6) is 11.5 Å². The number of aromatic nitrogens is 2. The number of ether oxygens (including phenoxy) is 2. The summed E-state index contributed by atoms with van der Waals surface area (Å²) in [5, 5.41) is 2.68. The minimum absolute atomic E-state index is 0.0844. The highest BCUT2D eigenvalue weighted by Gasteiger charge is 2.38. The van der Waals surface area contributed by atoms with E-state index in [1.54, 1.807) is 6.07 Å². The van der Waals surface area contributed by atoms with Gasteiger partial charge in [-0.25, -0.2) is 4.98 Å². The summed E-state index contributed by atoms with van der Waals surface area (Å²) >= 11 is 0. The summed E-state index contributed by atoms with van der Waals surface area (Å²) < 4.78 is 52.5. The molecule has 1 aliphatic heterocycles. The largest absolute Gasteiger partial charge is 0.486 e. The molecule has 0 atom stereocenters. The Kier molecular flexibility index (Phi) is 4.60. The average molecular weight is 405 g/mol. The van der Waals surface area contributed by atoms with Crippen molar-refractivity contribution in [3.8, 4) is 11.5 Å². The number of anilines is 1. The number of fused-ring (bicyclic) bond motifs is 2. The van der Waals surface area contributed by atoms with Crippen molar-refractivity contribution < 1.29 is 27.4 Å². The maximum Gasteiger partial charge on any atom is 0.449 e. The van der Waals surface area contributed by atoms with Crippen molar-refractivity contribution in [2.24, 2.45) is 0 Å². The molecule has 2 heterocycles. The first-order valence-corrected chi connectivity index (χ1v) is 8.96. The number of rotatable bonds is 3. The van der Waals surface area contributed by atoms with Crippen LogP contribution in [0, 0.1) is 13.8 Å². The molecule has 0 fully saturated rings.